The van der Waals surface area contributed by atoms with Gasteiger partial charge in [0.15, 0.2) is 6.71 Å². The number of nitrogens with one attached hydrogen (secondary N) is 2. The molecule has 23 nitrogen and oxygen atoms in total. The molecule has 88 heavy (non-hydrogen) atoms. The van der Waals surface area contributed by atoms with Crippen LogP contribution in [-0.4, -0.2) is 121 Å². The molecule has 3 atom stereocenters. The molecule has 0 radical (unpaired) electrons. The molecule has 0 bridgehead atoms. The highest BCUT2D eigenvalue weighted by Gasteiger charge is 2.40. The van der Waals surface area contributed by atoms with Gasteiger partial charge < -0.3 is 45.3 Å². The number of carbonyl (C=O) groups is 7. The predicted octanol–water partition coefficient (Wildman–Crippen LogP) is 5.77. The van der Waals surface area contributed by atoms with Gasteiger partial charge in [-0.05, 0) is 132 Å². The molecule has 1 saturated carbocycles. The Bertz CT molecular complexity index is 4210. The van der Waals surface area contributed by atoms with E-state index in [9.17, 15) is 33.6 Å². The molecule has 6 N–H and O–H groups in total. The fraction of sp³-hybridized carbons (Fsp3) is 0.429. The summed E-state index contributed by atoms with van der Waals surface area (Å²) in [5, 5.41) is 17.9. The average Bonchev–Trinajstić information content (AvgIpc) is 2.03. The number of thiazole rings is 1. The fourth-order valence-electron chi connectivity index (χ4n) is 12.7. The van der Waals surface area contributed by atoms with Gasteiger partial charge in [0.25, 0.3) is 11.8 Å². The number of imidazole rings is 2. The SMILES string of the molecule is CCc1cccc(C(=O)c2csc([C@@H]3CCCN3C(=O)[C@@H](NC(=O)[C@H](C)NC)C3CCCCC3)n2)c1Cc1cc(C(=O)N=c2n(C)c3cc(C(N)=O)ccc3n2CB(C)Cn2c(=NC(=O)c3cc(C)nn3CC)n(C)c3cc(C(N)=O)ccc32)n(CC)n1. The Morgan fingerprint density at radius 1 is 0.750 bits per heavy atom. The van der Waals surface area contributed by atoms with Gasteiger partial charge in [0.05, 0.1) is 45.5 Å². The van der Waals surface area contributed by atoms with Crippen LogP contribution in [0, 0.1) is 12.8 Å². The second kappa shape index (κ2) is 26.2. The van der Waals surface area contributed by atoms with Crippen molar-refractivity contribution < 1.29 is 33.6 Å². The van der Waals surface area contributed by atoms with Crippen LogP contribution in [0.1, 0.15) is 164 Å². The van der Waals surface area contributed by atoms with E-state index in [1.165, 1.54) is 11.3 Å². The number of nitrogens with zero attached hydrogens (tertiary/aromatic N) is 12. The van der Waals surface area contributed by atoms with Crippen molar-refractivity contribution in [1.82, 2.24) is 58.3 Å². The van der Waals surface area contributed by atoms with Gasteiger partial charge in [-0.25, -0.2) is 4.98 Å². The number of likely N-dealkylation sites (tertiary alicyclic amines) is 1. The van der Waals surface area contributed by atoms with E-state index in [1.807, 2.05) is 60.7 Å². The molecule has 1 aliphatic carbocycles. The summed E-state index contributed by atoms with van der Waals surface area (Å²) >= 11 is 1.36. The van der Waals surface area contributed by atoms with E-state index >= 15 is 0 Å². The molecule has 3 aromatic carbocycles. The van der Waals surface area contributed by atoms with Crippen molar-refractivity contribution >= 4 is 81.3 Å². The maximum absolute atomic E-state index is 14.9. The highest BCUT2D eigenvalue weighted by molar-refractivity contribution is 7.10. The van der Waals surface area contributed by atoms with Gasteiger partial charge in [-0.2, -0.15) is 20.2 Å². The first-order valence-electron chi connectivity index (χ1n) is 30.4. The molecule has 25 heteroatoms. The van der Waals surface area contributed by atoms with Crippen molar-refractivity contribution in [3.63, 3.8) is 0 Å². The summed E-state index contributed by atoms with van der Waals surface area (Å²) in [6.07, 6.45) is 7.77. The van der Waals surface area contributed by atoms with E-state index in [0.717, 1.165) is 49.7 Å². The monoisotopic (exact) mass is 1210 g/mol. The maximum atomic E-state index is 14.9. The van der Waals surface area contributed by atoms with Crippen LogP contribution < -0.4 is 33.3 Å². The summed E-state index contributed by atoms with van der Waals surface area (Å²) in [4.78, 5) is 113. The largest absolute Gasteiger partial charge is 0.366 e. The van der Waals surface area contributed by atoms with Crippen LogP contribution in [-0.2, 0) is 62.5 Å². The van der Waals surface area contributed by atoms with Gasteiger partial charge in [-0.1, -0.05) is 51.2 Å². The topological polar surface area (TPSA) is 292 Å². The van der Waals surface area contributed by atoms with Crippen molar-refractivity contribution in [3.05, 3.63) is 145 Å². The lowest BCUT2D eigenvalue weighted by Crippen LogP contribution is -2.55. The molecule has 2 aliphatic rings. The zero-order chi connectivity index (χ0) is 62.8. The summed E-state index contributed by atoms with van der Waals surface area (Å²) in [6, 6.07) is 17.8. The Kier molecular flexibility index (Phi) is 18.6. The number of carbonyl (C=O) groups excluding carboxylic acids is 7. The van der Waals surface area contributed by atoms with Crippen molar-refractivity contribution in [2.45, 2.75) is 143 Å². The minimum absolute atomic E-state index is 0.0399. The Balaban J connectivity index is 0.950. The lowest BCUT2D eigenvalue weighted by atomic mass is 9.52. The lowest BCUT2D eigenvalue weighted by Gasteiger charge is -2.35. The van der Waals surface area contributed by atoms with Crippen LogP contribution in [0.15, 0.2) is 82.1 Å². The number of aryl methyl sites for hydroxylation is 6. The number of ketones is 1. The molecule has 5 aromatic heterocycles. The Morgan fingerprint density at radius 3 is 1.91 bits per heavy atom. The van der Waals surface area contributed by atoms with Gasteiger partial charge in [-0.15, -0.1) is 11.3 Å². The Hall–Kier alpha value is -8.84. The van der Waals surface area contributed by atoms with Crippen molar-refractivity contribution in [2.75, 3.05) is 13.6 Å². The zero-order valence-electron chi connectivity index (χ0n) is 51.5. The molecular formula is C63H77BN16O7S. The molecule has 0 spiro atoms. The van der Waals surface area contributed by atoms with Crippen LogP contribution in [0.25, 0.3) is 22.1 Å². The first kappa shape index (κ1) is 62.2. The van der Waals surface area contributed by atoms with Crippen LogP contribution in [0.5, 0.6) is 0 Å². The highest BCUT2D eigenvalue weighted by atomic mass is 32.1. The van der Waals surface area contributed by atoms with E-state index in [-0.39, 0.29) is 77.3 Å². The molecule has 2 fully saturated rings. The van der Waals surface area contributed by atoms with E-state index < -0.39 is 35.7 Å². The van der Waals surface area contributed by atoms with E-state index in [0.29, 0.717) is 94.3 Å². The van der Waals surface area contributed by atoms with Gasteiger partial charge in [0.1, 0.15) is 28.1 Å². The number of benzene rings is 3. The Labute approximate surface area is 514 Å². The fourth-order valence-corrected chi connectivity index (χ4v) is 13.6. The molecule has 1 saturated heterocycles. The van der Waals surface area contributed by atoms with Gasteiger partial charge in [-0.3, -0.25) is 42.9 Å². The molecule has 1 aliphatic heterocycles. The number of nitrogens with two attached hydrogens (primary N) is 2. The van der Waals surface area contributed by atoms with Crippen molar-refractivity contribution in [3.8, 4) is 0 Å². The minimum Gasteiger partial charge on any atom is -0.366 e. The number of rotatable bonds is 21. The van der Waals surface area contributed by atoms with E-state index in [4.69, 9.17) is 26.5 Å². The first-order valence-corrected chi connectivity index (χ1v) is 31.3. The summed E-state index contributed by atoms with van der Waals surface area (Å²) in [7, 11) is 5.26. The summed E-state index contributed by atoms with van der Waals surface area (Å²) in [5.41, 5.74) is 19.5. The third-order valence-electron chi connectivity index (χ3n) is 17.4. The third kappa shape index (κ3) is 12.4. The second-order valence-electron chi connectivity index (χ2n) is 23.3. The quantitative estimate of drug-likeness (QED) is 0.0494. The number of primary amides is 2. The zero-order valence-corrected chi connectivity index (χ0v) is 52.3. The number of amides is 6. The standard InChI is InChI=1S/C63H77BN16O7S/c1-10-38-20-16-21-43(54(81)45-33-88-60(68-45)48-22-17-27-76(48)61(87)53(39-18-14-13-15-19-39)69-57(84)37(5)67-7)44(38)31-42-32-52(80(12-3)73-42)59(86)71-63-75(9)50-30-41(56(66)83)24-26-47(50)78(63)35-64(6)34-77-46-25-23-40(55(65)82)29-49(46)74(8)62(77)70-58(85)51-28-36(4)72-79(51)11-2/h16,20-21,23-26,28-30,32-33,37,39,48,53,67H,10-15,17-19,22,27,31,34-35H2,1-9H3,(H2,65,82)(H2,66,83)(H,69,84)/t37-,48-,53-/m0/s1. The van der Waals surface area contributed by atoms with Crippen LogP contribution in [0.3, 0.4) is 0 Å². The predicted molar refractivity (Wildman–Crippen MR) is 336 cm³/mol. The third-order valence-corrected chi connectivity index (χ3v) is 18.4. The summed E-state index contributed by atoms with van der Waals surface area (Å²) in [5.74, 6) is -2.83. The van der Waals surface area contributed by atoms with E-state index in [2.05, 4.69) is 20.7 Å². The number of aromatic nitrogens is 9. The molecule has 6 amide bonds. The number of hydrogen-bond donors (Lipinski definition) is 4. The second-order valence-corrected chi connectivity index (χ2v) is 24.2. The van der Waals surface area contributed by atoms with Crippen LogP contribution >= 0.6 is 11.3 Å². The van der Waals surface area contributed by atoms with Gasteiger partial charge >= 0.3 is 0 Å². The molecular weight excluding hydrogens is 1140 g/mol. The number of hydrogen-bond acceptors (Lipinski definition) is 12. The van der Waals surface area contributed by atoms with Gasteiger partial charge in [0.2, 0.25) is 40.6 Å². The van der Waals surface area contributed by atoms with Crippen molar-refractivity contribution in [2.24, 2.45) is 41.5 Å². The maximum Gasteiger partial charge on any atom is 0.298 e. The van der Waals surface area contributed by atoms with Crippen molar-refractivity contribution in [1.29, 1.82) is 0 Å². The first-order chi connectivity index (χ1) is 42.2. The lowest BCUT2D eigenvalue weighted by molar-refractivity contribution is -0.139. The molecule has 460 valence electrons. The molecule has 10 rings (SSSR count). The normalized spacial score (nSPS) is 15.8. The number of likely N-dealkylation sites (N-methyl/N-ethyl adjacent to an activating group) is 1. The van der Waals surface area contributed by atoms with Crippen LogP contribution in [0.2, 0.25) is 6.82 Å². The molecule has 6 heterocycles. The van der Waals surface area contributed by atoms with Gasteiger partial charge in [0, 0.05) is 75.1 Å². The van der Waals surface area contributed by atoms with E-state index in [1.54, 1.807) is 107 Å². The molecule has 0 unspecified atom stereocenters. The number of fused-ring (bicyclic) bond motifs is 2. The summed E-state index contributed by atoms with van der Waals surface area (Å²) in [6.45, 7) is 12.5. The highest BCUT2D eigenvalue weighted by Crippen LogP contribution is 2.37. The summed E-state index contributed by atoms with van der Waals surface area (Å²) < 4.78 is 10.5. The molecule has 8 aromatic rings. The minimum atomic E-state index is -0.646. The average molecular weight is 1210 g/mol. The van der Waals surface area contributed by atoms with Crippen LogP contribution in [0.4, 0.5) is 0 Å². The Morgan fingerprint density at radius 2 is 1.34 bits per heavy atom. The smallest absolute Gasteiger partial charge is 0.298 e.